The quantitative estimate of drug-likeness (QED) is 0.853. The second-order valence-electron chi connectivity index (χ2n) is 5.39. The zero-order valence-electron chi connectivity index (χ0n) is 12.7. The summed E-state index contributed by atoms with van der Waals surface area (Å²) in [4.78, 5) is 15.6. The summed E-state index contributed by atoms with van der Waals surface area (Å²) >= 11 is 1.75. The van der Waals surface area contributed by atoms with Gasteiger partial charge in [0, 0.05) is 18.0 Å². The number of nitrogens with one attached hydrogen (secondary N) is 1. The Kier molecular flexibility index (Phi) is 4.80. The molecule has 3 nitrogen and oxygen atoms in total. The van der Waals surface area contributed by atoms with Crippen LogP contribution in [-0.4, -0.2) is 23.1 Å². The van der Waals surface area contributed by atoms with E-state index in [2.05, 4.69) is 47.5 Å². The van der Waals surface area contributed by atoms with Crippen molar-refractivity contribution < 1.29 is 4.79 Å². The highest BCUT2D eigenvalue weighted by Crippen LogP contribution is 2.27. The lowest BCUT2D eigenvalue weighted by atomic mass is 10.1. The fourth-order valence-corrected chi connectivity index (χ4v) is 3.52. The van der Waals surface area contributed by atoms with Crippen LogP contribution in [-0.2, 0) is 17.9 Å². The van der Waals surface area contributed by atoms with Crippen LogP contribution in [0.2, 0.25) is 0 Å². The number of benzene rings is 2. The highest BCUT2D eigenvalue weighted by Gasteiger charge is 2.20. The Hall–Kier alpha value is -1.78. The first-order valence-corrected chi connectivity index (χ1v) is 8.55. The Balaban J connectivity index is 1.60. The van der Waals surface area contributed by atoms with Gasteiger partial charge in [0.05, 0.1) is 12.2 Å². The molecule has 0 bridgehead atoms. The molecular weight excluding hydrogens is 292 g/mol. The molecule has 22 heavy (non-hydrogen) atoms. The van der Waals surface area contributed by atoms with Crippen molar-refractivity contribution in [2.45, 2.75) is 24.9 Å². The summed E-state index contributed by atoms with van der Waals surface area (Å²) in [5.41, 5.74) is 3.57. The third-order valence-electron chi connectivity index (χ3n) is 3.73. The first-order chi connectivity index (χ1) is 10.8. The van der Waals surface area contributed by atoms with Gasteiger partial charge in [0.1, 0.15) is 0 Å². The lowest BCUT2D eigenvalue weighted by molar-refractivity contribution is -0.117. The molecule has 0 aromatic heterocycles. The zero-order valence-corrected chi connectivity index (χ0v) is 13.5. The van der Waals surface area contributed by atoms with Crippen molar-refractivity contribution in [1.29, 1.82) is 0 Å². The van der Waals surface area contributed by atoms with Crippen LogP contribution in [0.15, 0.2) is 53.4 Å². The summed E-state index contributed by atoms with van der Waals surface area (Å²) in [6.07, 6.45) is 0. The molecule has 0 radical (unpaired) electrons. The maximum Gasteiger partial charge on any atom is 0.238 e. The fourth-order valence-electron chi connectivity index (χ4n) is 2.76. The Morgan fingerprint density at radius 3 is 2.41 bits per heavy atom. The number of nitrogens with zero attached hydrogens (tertiary/aromatic N) is 1. The molecule has 1 N–H and O–H groups in total. The number of para-hydroxylation sites is 1. The van der Waals surface area contributed by atoms with E-state index in [9.17, 15) is 4.79 Å². The third kappa shape index (κ3) is 3.51. The van der Waals surface area contributed by atoms with E-state index in [-0.39, 0.29) is 5.91 Å². The average Bonchev–Trinajstić information content (AvgIpc) is 2.91. The molecule has 1 heterocycles. The molecule has 114 valence electrons. The van der Waals surface area contributed by atoms with Gasteiger partial charge in [-0.15, -0.1) is 11.8 Å². The molecule has 0 spiro atoms. The number of thioether (sulfide) groups is 1. The SMILES string of the molecule is CCSc1ccccc1NC(=O)CN1Cc2ccccc2C1. The minimum Gasteiger partial charge on any atom is -0.324 e. The van der Waals surface area contributed by atoms with Crippen molar-refractivity contribution >= 4 is 23.4 Å². The first kappa shape index (κ1) is 15.1. The predicted molar refractivity (Wildman–Crippen MR) is 92.0 cm³/mol. The van der Waals surface area contributed by atoms with Gasteiger partial charge in [-0.05, 0) is 29.0 Å². The molecule has 4 heteroatoms. The molecule has 2 aromatic rings. The van der Waals surface area contributed by atoms with Crippen molar-refractivity contribution in [3.63, 3.8) is 0 Å². The van der Waals surface area contributed by atoms with Crippen molar-refractivity contribution in [3.8, 4) is 0 Å². The minimum atomic E-state index is 0.0527. The predicted octanol–water partition coefficient (Wildman–Crippen LogP) is 3.75. The lowest BCUT2D eigenvalue weighted by Crippen LogP contribution is -2.29. The standard InChI is InChI=1S/C18H20N2OS/c1-2-22-17-10-6-5-9-16(17)19-18(21)13-20-11-14-7-3-4-8-15(14)12-20/h3-10H,2,11-13H2,1H3,(H,19,21). The zero-order chi connectivity index (χ0) is 15.4. The van der Waals surface area contributed by atoms with E-state index >= 15 is 0 Å². The molecule has 0 atom stereocenters. The number of hydrogen-bond acceptors (Lipinski definition) is 3. The van der Waals surface area contributed by atoms with Gasteiger partial charge in [0.25, 0.3) is 0 Å². The van der Waals surface area contributed by atoms with E-state index < -0.39 is 0 Å². The molecule has 0 unspecified atom stereocenters. The molecule has 0 saturated heterocycles. The van der Waals surface area contributed by atoms with Crippen molar-refractivity contribution in [2.75, 3.05) is 17.6 Å². The smallest absolute Gasteiger partial charge is 0.238 e. The molecule has 1 aliphatic rings. The number of rotatable bonds is 5. The largest absolute Gasteiger partial charge is 0.324 e. The first-order valence-electron chi connectivity index (χ1n) is 7.57. The van der Waals surface area contributed by atoms with Crippen LogP contribution in [0.3, 0.4) is 0 Å². The lowest BCUT2D eigenvalue weighted by Gasteiger charge is -2.15. The number of hydrogen-bond donors (Lipinski definition) is 1. The van der Waals surface area contributed by atoms with Gasteiger partial charge in [-0.1, -0.05) is 43.3 Å². The van der Waals surface area contributed by atoms with Gasteiger partial charge in [0.2, 0.25) is 5.91 Å². The summed E-state index contributed by atoms with van der Waals surface area (Å²) < 4.78 is 0. The molecular formula is C18H20N2OS. The van der Waals surface area contributed by atoms with E-state index in [1.54, 1.807) is 11.8 Å². The topological polar surface area (TPSA) is 32.3 Å². The Morgan fingerprint density at radius 1 is 1.09 bits per heavy atom. The maximum atomic E-state index is 12.3. The molecule has 2 aromatic carbocycles. The molecule has 0 saturated carbocycles. The van der Waals surface area contributed by atoms with Crippen molar-refractivity contribution in [1.82, 2.24) is 4.90 Å². The van der Waals surface area contributed by atoms with E-state index in [0.717, 1.165) is 29.4 Å². The van der Waals surface area contributed by atoms with Crippen LogP contribution in [0.1, 0.15) is 18.1 Å². The van der Waals surface area contributed by atoms with Gasteiger partial charge in [0.15, 0.2) is 0 Å². The molecule has 3 rings (SSSR count). The van der Waals surface area contributed by atoms with Gasteiger partial charge < -0.3 is 5.32 Å². The van der Waals surface area contributed by atoms with Gasteiger partial charge in [-0.25, -0.2) is 0 Å². The highest BCUT2D eigenvalue weighted by atomic mass is 32.2. The second kappa shape index (κ2) is 6.99. The normalized spacial score (nSPS) is 13.9. The summed E-state index contributed by atoms with van der Waals surface area (Å²) in [7, 11) is 0. The highest BCUT2D eigenvalue weighted by molar-refractivity contribution is 7.99. The van der Waals surface area contributed by atoms with Crippen LogP contribution in [0, 0.1) is 0 Å². The third-order valence-corrected chi connectivity index (χ3v) is 4.69. The monoisotopic (exact) mass is 312 g/mol. The van der Waals surface area contributed by atoms with E-state index in [1.807, 2.05) is 18.2 Å². The van der Waals surface area contributed by atoms with Gasteiger partial charge in [-0.3, -0.25) is 9.69 Å². The second-order valence-corrected chi connectivity index (χ2v) is 6.70. The summed E-state index contributed by atoms with van der Waals surface area (Å²) in [6, 6.07) is 16.4. The Bertz CT molecular complexity index is 647. The van der Waals surface area contributed by atoms with E-state index in [1.165, 1.54) is 11.1 Å². The maximum absolute atomic E-state index is 12.3. The summed E-state index contributed by atoms with van der Waals surface area (Å²) in [5, 5.41) is 3.05. The van der Waals surface area contributed by atoms with E-state index in [4.69, 9.17) is 0 Å². The fraction of sp³-hybridized carbons (Fsp3) is 0.278. The number of fused-ring (bicyclic) bond motifs is 1. The molecule has 0 aliphatic carbocycles. The van der Waals surface area contributed by atoms with Crippen LogP contribution in [0.25, 0.3) is 0 Å². The average molecular weight is 312 g/mol. The van der Waals surface area contributed by atoms with Crippen molar-refractivity contribution in [2.24, 2.45) is 0 Å². The number of carbonyl (C=O) groups excluding carboxylic acids is 1. The van der Waals surface area contributed by atoms with E-state index in [0.29, 0.717) is 6.54 Å². The van der Waals surface area contributed by atoms with Crippen LogP contribution < -0.4 is 5.32 Å². The minimum absolute atomic E-state index is 0.0527. The Morgan fingerprint density at radius 2 is 1.73 bits per heavy atom. The summed E-state index contributed by atoms with van der Waals surface area (Å²) in [5.74, 6) is 1.05. The number of amides is 1. The van der Waals surface area contributed by atoms with Gasteiger partial charge in [-0.2, -0.15) is 0 Å². The molecule has 0 fully saturated rings. The van der Waals surface area contributed by atoms with Crippen LogP contribution in [0.4, 0.5) is 5.69 Å². The van der Waals surface area contributed by atoms with Crippen LogP contribution >= 0.6 is 11.8 Å². The van der Waals surface area contributed by atoms with Crippen molar-refractivity contribution in [3.05, 3.63) is 59.7 Å². The summed E-state index contributed by atoms with van der Waals surface area (Å²) in [6.45, 7) is 4.26. The van der Waals surface area contributed by atoms with Crippen LogP contribution in [0.5, 0.6) is 0 Å². The molecule has 1 aliphatic heterocycles. The number of carbonyl (C=O) groups is 1. The Labute approximate surface area is 135 Å². The number of anilines is 1. The molecule has 1 amide bonds. The van der Waals surface area contributed by atoms with Gasteiger partial charge >= 0.3 is 0 Å².